The van der Waals surface area contributed by atoms with Gasteiger partial charge in [-0.1, -0.05) is 11.3 Å². The number of benzene rings is 1. The van der Waals surface area contributed by atoms with E-state index in [0.29, 0.717) is 13.0 Å². The summed E-state index contributed by atoms with van der Waals surface area (Å²) in [6.07, 6.45) is 1.75. The molecular weight excluding hydrogens is 306 g/mol. The number of piperidine rings is 1. The minimum absolute atomic E-state index is 0.0275. The molecule has 1 unspecified atom stereocenters. The molecule has 0 radical (unpaired) electrons. The van der Waals surface area contributed by atoms with E-state index in [0.717, 1.165) is 36.1 Å². The van der Waals surface area contributed by atoms with Crippen LogP contribution in [-0.2, 0) is 18.4 Å². The zero-order chi connectivity index (χ0) is 17.3. The lowest BCUT2D eigenvalue weighted by atomic mass is 9.89. The summed E-state index contributed by atoms with van der Waals surface area (Å²) in [6.45, 7) is 2.19. The zero-order valence-corrected chi connectivity index (χ0v) is 14.6. The number of likely N-dealkylation sites (tertiary alicyclic amines) is 1. The van der Waals surface area contributed by atoms with Gasteiger partial charge < -0.3 is 10.0 Å². The van der Waals surface area contributed by atoms with Crippen LogP contribution < -0.4 is 0 Å². The quantitative estimate of drug-likeness (QED) is 0.896. The molecule has 0 bridgehead atoms. The Balaban J connectivity index is 1.68. The van der Waals surface area contributed by atoms with E-state index in [1.807, 2.05) is 19.2 Å². The van der Waals surface area contributed by atoms with Gasteiger partial charge in [-0.2, -0.15) is 0 Å². The van der Waals surface area contributed by atoms with Crippen molar-refractivity contribution in [3.63, 3.8) is 0 Å². The van der Waals surface area contributed by atoms with Crippen LogP contribution in [0.4, 0.5) is 0 Å². The molecular formula is C17H25N5O2. The Morgan fingerprint density at radius 1 is 1.42 bits per heavy atom. The molecule has 7 heteroatoms. The number of nitrogens with zero attached hydrogens (tertiary/aromatic N) is 5. The van der Waals surface area contributed by atoms with Crippen LogP contribution in [0.2, 0.25) is 0 Å². The number of aliphatic hydroxyl groups is 1. The van der Waals surface area contributed by atoms with E-state index in [9.17, 15) is 9.90 Å². The highest BCUT2D eigenvalue weighted by molar-refractivity contribution is 5.76. The Hall–Kier alpha value is -1.99. The van der Waals surface area contributed by atoms with Crippen molar-refractivity contribution in [2.45, 2.75) is 31.4 Å². The molecule has 0 saturated carbocycles. The van der Waals surface area contributed by atoms with Gasteiger partial charge in [0.05, 0.1) is 17.5 Å². The zero-order valence-electron chi connectivity index (χ0n) is 14.6. The van der Waals surface area contributed by atoms with Crippen molar-refractivity contribution in [2.24, 2.45) is 7.05 Å². The third-order valence-electron chi connectivity index (χ3n) is 4.69. The van der Waals surface area contributed by atoms with Crippen molar-refractivity contribution in [1.29, 1.82) is 0 Å². The van der Waals surface area contributed by atoms with Gasteiger partial charge in [-0.05, 0) is 37.1 Å². The number of β-amino-alcohol motifs (C(OH)–C–C–N with tert-alkyl or cyclic N) is 1. The average molecular weight is 331 g/mol. The van der Waals surface area contributed by atoms with E-state index < -0.39 is 5.60 Å². The number of aryl methyl sites for hydroxylation is 1. The molecule has 1 aliphatic rings. The lowest BCUT2D eigenvalue weighted by Gasteiger charge is -2.39. The van der Waals surface area contributed by atoms with Crippen molar-refractivity contribution in [2.75, 3.05) is 27.2 Å². The van der Waals surface area contributed by atoms with Gasteiger partial charge in [-0.3, -0.25) is 9.69 Å². The predicted molar refractivity (Wildman–Crippen MR) is 91.3 cm³/mol. The molecule has 0 aliphatic carbocycles. The lowest BCUT2D eigenvalue weighted by molar-refractivity contribution is -0.136. The monoisotopic (exact) mass is 331 g/mol. The van der Waals surface area contributed by atoms with Crippen molar-refractivity contribution in [3.05, 3.63) is 23.8 Å². The number of rotatable bonds is 4. The normalized spacial score (nSPS) is 22.0. The van der Waals surface area contributed by atoms with Crippen LogP contribution in [0.1, 0.15) is 24.8 Å². The smallest absolute Gasteiger partial charge is 0.224 e. The van der Waals surface area contributed by atoms with Crippen molar-refractivity contribution < 1.29 is 9.90 Å². The van der Waals surface area contributed by atoms with E-state index in [1.54, 1.807) is 23.7 Å². The summed E-state index contributed by atoms with van der Waals surface area (Å²) < 4.78 is 1.76. The summed E-state index contributed by atoms with van der Waals surface area (Å²) in [5, 5.41) is 19.0. The first-order valence-corrected chi connectivity index (χ1v) is 8.29. The highest BCUT2D eigenvalue weighted by Crippen LogP contribution is 2.26. The number of hydrogen-bond acceptors (Lipinski definition) is 5. The topological polar surface area (TPSA) is 74.5 Å². The molecule has 1 fully saturated rings. The predicted octanol–water partition coefficient (Wildman–Crippen LogP) is 0.773. The molecule has 1 aromatic carbocycles. The second-order valence-electron chi connectivity index (χ2n) is 7.04. The van der Waals surface area contributed by atoms with Crippen molar-refractivity contribution in [1.82, 2.24) is 24.8 Å². The number of carbonyl (C=O) groups is 1. The second kappa shape index (κ2) is 6.49. The molecule has 1 N–H and O–H groups in total. The molecule has 24 heavy (non-hydrogen) atoms. The van der Waals surface area contributed by atoms with E-state index >= 15 is 0 Å². The maximum absolute atomic E-state index is 12.0. The first-order chi connectivity index (χ1) is 11.4. The van der Waals surface area contributed by atoms with Crippen LogP contribution in [-0.4, -0.2) is 68.6 Å². The third kappa shape index (κ3) is 3.57. The van der Waals surface area contributed by atoms with Crippen LogP contribution in [0.15, 0.2) is 18.2 Å². The summed E-state index contributed by atoms with van der Waals surface area (Å²) in [6, 6.07) is 6.14. The Kier molecular flexibility index (Phi) is 4.56. The molecule has 2 aromatic rings. The summed E-state index contributed by atoms with van der Waals surface area (Å²) >= 11 is 0. The minimum Gasteiger partial charge on any atom is -0.388 e. The van der Waals surface area contributed by atoms with Gasteiger partial charge in [0.2, 0.25) is 5.91 Å². The van der Waals surface area contributed by atoms with Gasteiger partial charge in [0.25, 0.3) is 0 Å². The SMILES string of the molecule is CN(C)C(=O)CC1(O)CCCN(Cc2ccc3c(c2)nnn3C)C1. The first-order valence-electron chi connectivity index (χ1n) is 8.29. The Labute approximate surface area is 141 Å². The maximum Gasteiger partial charge on any atom is 0.224 e. The van der Waals surface area contributed by atoms with Crippen LogP contribution in [0.3, 0.4) is 0 Å². The highest BCUT2D eigenvalue weighted by Gasteiger charge is 2.35. The van der Waals surface area contributed by atoms with E-state index in [1.165, 1.54) is 0 Å². The van der Waals surface area contributed by atoms with E-state index in [-0.39, 0.29) is 12.3 Å². The fourth-order valence-electron chi connectivity index (χ4n) is 3.37. The molecule has 1 atom stereocenters. The van der Waals surface area contributed by atoms with Crippen LogP contribution in [0.5, 0.6) is 0 Å². The molecule has 3 rings (SSSR count). The van der Waals surface area contributed by atoms with Gasteiger partial charge in [-0.25, -0.2) is 4.68 Å². The van der Waals surface area contributed by atoms with Crippen LogP contribution in [0, 0.1) is 0 Å². The van der Waals surface area contributed by atoms with Gasteiger partial charge in [-0.15, -0.1) is 5.10 Å². The molecule has 1 amide bonds. The number of carbonyl (C=O) groups excluding carboxylic acids is 1. The molecule has 7 nitrogen and oxygen atoms in total. The van der Waals surface area contributed by atoms with E-state index in [2.05, 4.69) is 21.3 Å². The maximum atomic E-state index is 12.0. The van der Waals surface area contributed by atoms with Crippen molar-refractivity contribution in [3.8, 4) is 0 Å². The number of amides is 1. The summed E-state index contributed by atoms with van der Waals surface area (Å²) in [5.41, 5.74) is 2.10. The third-order valence-corrected chi connectivity index (χ3v) is 4.69. The van der Waals surface area contributed by atoms with E-state index in [4.69, 9.17) is 0 Å². The Morgan fingerprint density at radius 2 is 2.21 bits per heavy atom. The molecule has 1 aromatic heterocycles. The van der Waals surface area contributed by atoms with Crippen molar-refractivity contribution >= 4 is 16.9 Å². The first kappa shape index (κ1) is 16.9. The van der Waals surface area contributed by atoms with Gasteiger partial charge >= 0.3 is 0 Å². The standard InChI is InChI=1S/C17H25N5O2/c1-20(2)16(23)10-17(24)7-4-8-22(12-17)11-13-5-6-15-14(9-13)18-19-21(15)3/h5-6,9,24H,4,7-8,10-12H2,1-3H3. The minimum atomic E-state index is -0.934. The summed E-state index contributed by atoms with van der Waals surface area (Å²) in [5.74, 6) is -0.0275. The van der Waals surface area contributed by atoms with Gasteiger partial charge in [0.15, 0.2) is 0 Å². The number of aromatic nitrogens is 3. The lowest BCUT2D eigenvalue weighted by Crippen LogP contribution is -2.50. The second-order valence-corrected chi connectivity index (χ2v) is 7.04. The largest absolute Gasteiger partial charge is 0.388 e. The van der Waals surface area contributed by atoms with Gasteiger partial charge in [0, 0.05) is 34.2 Å². The number of hydrogen-bond donors (Lipinski definition) is 1. The Morgan fingerprint density at radius 3 is 2.96 bits per heavy atom. The summed E-state index contributed by atoms with van der Waals surface area (Å²) in [4.78, 5) is 15.7. The highest BCUT2D eigenvalue weighted by atomic mass is 16.3. The number of fused-ring (bicyclic) bond motifs is 1. The molecule has 1 aliphatic heterocycles. The van der Waals surface area contributed by atoms with Gasteiger partial charge in [0.1, 0.15) is 5.52 Å². The fourth-order valence-corrected chi connectivity index (χ4v) is 3.37. The Bertz CT molecular complexity index is 742. The van der Waals surface area contributed by atoms with Crippen LogP contribution in [0.25, 0.3) is 11.0 Å². The molecule has 130 valence electrons. The average Bonchev–Trinajstić information content (AvgIpc) is 2.87. The fraction of sp³-hybridized carbons (Fsp3) is 0.588. The molecule has 0 spiro atoms. The van der Waals surface area contributed by atoms with Crippen LogP contribution >= 0.6 is 0 Å². The molecule has 2 heterocycles. The molecule has 1 saturated heterocycles. The summed E-state index contributed by atoms with van der Waals surface area (Å²) in [7, 11) is 5.33.